The second-order valence-corrected chi connectivity index (χ2v) is 4.96. The normalized spacial score (nSPS) is 10.1. The molecule has 0 unspecified atom stereocenters. The maximum absolute atomic E-state index is 11.0. The molecule has 0 aliphatic rings. The van der Waals surface area contributed by atoms with E-state index in [2.05, 4.69) is 27.6 Å². The van der Waals surface area contributed by atoms with Crippen LogP contribution in [-0.2, 0) is 0 Å². The fourth-order valence-electron chi connectivity index (χ4n) is 1.51. The van der Waals surface area contributed by atoms with Crippen LogP contribution in [0.4, 0.5) is 0 Å². The molecule has 20 heavy (non-hydrogen) atoms. The lowest BCUT2D eigenvalue weighted by molar-refractivity contribution is 0.0696. The van der Waals surface area contributed by atoms with Gasteiger partial charge in [0.15, 0.2) is 0 Å². The van der Waals surface area contributed by atoms with E-state index in [9.17, 15) is 4.79 Å². The van der Waals surface area contributed by atoms with Crippen LogP contribution in [-0.4, -0.2) is 22.7 Å². The highest BCUT2D eigenvalue weighted by atomic mass is 127. The van der Waals surface area contributed by atoms with Crippen LogP contribution in [0.3, 0.4) is 0 Å². The summed E-state index contributed by atoms with van der Waals surface area (Å²) in [6.07, 6.45) is 0. The van der Waals surface area contributed by atoms with E-state index in [1.54, 1.807) is 24.3 Å². The Morgan fingerprint density at radius 2 is 2.05 bits per heavy atom. The van der Waals surface area contributed by atoms with Crippen molar-refractivity contribution in [1.29, 1.82) is 0 Å². The molecule has 0 radical (unpaired) electrons. The van der Waals surface area contributed by atoms with Crippen molar-refractivity contribution in [2.75, 3.05) is 6.61 Å². The van der Waals surface area contributed by atoms with Crippen molar-refractivity contribution in [3.63, 3.8) is 0 Å². The van der Waals surface area contributed by atoms with Crippen molar-refractivity contribution in [3.05, 3.63) is 45.5 Å². The Morgan fingerprint density at radius 1 is 1.30 bits per heavy atom. The third kappa shape index (κ3) is 3.60. The third-order valence-corrected chi connectivity index (χ3v) is 3.27. The number of hydrogen-bond acceptors (Lipinski definition) is 4. The summed E-state index contributed by atoms with van der Waals surface area (Å²) < 4.78 is 11.7. The van der Waals surface area contributed by atoms with E-state index in [4.69, 9.17) is 14.6 Å². The summed E-state index contributed by atoms with van der Waals surface area (Å²) >= 11 is 2.08. The van der Waals surface area contributed by atoms with E-state index >= 15 is 0 Å². The van der Waals surface area contributed by atoms with Gasteiger partial charge in [-0.1, -0.05) is 6.07 Å². The van der Waals surface area contributed by atoms with Crippen molar-refractivity contribution in [2.24, 2.45) is 0 Å². The Balaban J connectivity index is 2.27. The number of nitrogens with zero attached hydrogens (tertiary/aromatic N) is 1. The van der Waals surface area contributed by atoms with Crippen molar-refractivity contribution in [2.45, 2.75) is 6.92 Å². The second-order valence-electron chi connectivity index (χ2n) is 3.80. The molecular formula is C14H12INO4. The smallest absolute Gasteiger partial charge is 0.335 e. The molecule has 0 aliphatic carbocycles. The fourth-order valence-corrected chi connectivity index (χ4v) is 1.95. The van der Waals surface area contributed by atoms with Crippen LogP contribution < -0.4 is 9.47 Å². The van der Waals surface area contributed by atoms with Gasteiger partial charge in [-0.2, -0.15) is 4.98 Å². The van der Waals surface area contributed by atoms with E-state index in [1.165, 1.54) is 12.1 Å². The van der Waals surface area contributed by atoms with Gasteiger partial charge in [-0.25, -0.2) is 4.79 Å². The Labute approximate surface area is 129 Å². The summed E-state index contributed by atoms with van der Waals surface area (Å²) in [5, 5.41) is 8.99. The van der Waals surface area contributed by atoms with Crippen LogP contribution in [0, 0.1) is 3.57 Å². The highest BCUT2D eigenvalue weighted by Gasteiger charge is 2.10. The first-order valence-corrected chi connectivity index (χ1v) is 6.98. The van der Waals surface area contributed by atoms with Crippen LogP contribution >= 0.6 is 22.6 Å². The number of carboxylic acid groups (broad SMARTS) is 1. The van der Waals surface area contributed by atoms with E-state index in [-0.39, 0.29) is 5.56 Å². The van der Waals surface area contributed by atoms with Crippen LogP contribution in [0.2, 0.25) is 0 Å². The molecule has 0 saturated carbocycles. The Bertz CT molecular complexity index is 630. The fraction of sp³-hybridized carbons (Fsp3) is 0.143. The van der Waals surface area contributed by atoms with Gasteiger partial charge in [-0.3, -0.25) is 0 Å². The predicted molar refractivity (Wildman–Crippen MR) is 81.6 cm³/mol. The first kappa shape index (κ1) is 14.6. The Kier molecular flexibility index (Phi) is 4.78. The number of aromatic carboxylic acids is 1. The summed E-state index contributed by atoms with van der Waals surface area (Å²) in [6, 6.07) is 9.87. The molecule has 2 aromatic rings. The van der Waals surface area contributed by atoms with Gasteiger partial charge in [0.05, 0.1) is 15.7 Å². The quantitative estimate of drug-likeness (QED) is 0.797. The minimum Gasteiger partial charge on any atom is -0.478 e. The van der Waals surface area contributed by atoms with Gasteiger partial charge in [0.1, 0.15) is 5.75 Å². The number of carboxylic acids is 1. The van der Waals surface area contributed by atoms with Crippen LogP contribution in [0.5, 0.6) is 17.5 Å². The summed E-state index contributed by atoms with van der Waals surface area (Å²) in [5.41, 5.74) is 0.168. The summed E-state index contributed by atoms with van der Waals surface area (Å²) in [6.45, 7) is 2.39. The lowest BCUT2D eigenvalue weighted by Gasteiger charge is -2.09. The molecule has 104 valence electrons. The summed E-state index contributed by atoms with van der Waals surface area (Å²) in [7, 11) is 0. The second kappa shape index (κ2) is 6.56. The molecule has 0 saturated heterocycles. The van der Waals surface area contributed by atoms with Gasteiger partial charge in [0.25, 0.3) is 0 Å². The molecule has 0 spiro atoms. The van der Waals surface area contributed by atoms with Gasteiger partial charge in [-0.15, -0.1) is 0 Å². The maximum atomic E-state index is 11.0. The summed E-state index contributed by atoms with van der Waals surface area (Å²) in [4.78, 5) is 15.1. The minimum absolute atomic E-state index is 0.168. The van der Waals surface area contributed by atoms with Crippen molar-refractivity contribution < 1.29 is 19.4 Å². The van der Waals surface area contributed by atoms with Crippen molar-refractivity contribution >= 4 is 28.6 Å². The number of hydrogen-bond donors (Lipinski definition) is 1. The van der Waals surface area contributed by atoms with Gasteiger partial charge in [0.2, 0.25) is 11.8 Å². The lowest BCUT2D eigenvalue weighted by Crippen LogP contribution is -1.99. The number of rotatable bonds is 5. The number of halogens is 1. The molecule has 1 heterocycles. The Morgan fingerprint density at radius 3 is 2.75 bits per heavy atom. The van der Waals surface area contributed by atoms with Crippen LogP contribution in [0.1, 0.15) is 17.3 Å². The highest BCUT2D eigenvalue weighted by Crippen LogP contribution is 2.27. The van der Waals surface area contributed by atoms with Crippen LogP contribution in [0.15, 0.2) is 36.4 Å². The molecule has 0 amide bonds. The summed E-state index contributed by atoms with van der Waals surface area (Å²) in [5.74, 6) is 0.278. The molecule has 2 rings (SSSR count). The number of aromatic nitrogens is 1. The molecule has 0 aliphatic heterocycles. The van der Waals surface area contributed by atoms with Crippen molar-refractivity contribution in [3.8, 4) is 17.5 Å². The maximum Gasteiger partial charge on any atom is 0.335 e. The van der Waals surface area contributed by atoms with Gasteiger partial charge in [-0.05, 0) is 47.7 Å². The first-order chi connectivity index (χ1) is 9.60. The van der Waals surface area contributed by atoms with E-state index < -0.39 is 5.97 Å². The molecule has 0 bridgehead atoms. The number of pyridine rings is 1. The number of ether oxygens (including phenoxy) is 2. The standard InChI is InChI=1S/C14H12INO4/c1-2-19-12-4-3-5-13(16-12)20-11-8-9(14(17)18)6-7-10(11)15/h3-8H,2H2,1H3,(H,17,18). The largest absolute Gasteiger partial charge is 0.478 e. The van der Waals surface area contributed by atoms with Gasteiger partial charge >= 0.3 is 5.97 Å². The number of benzene rings is 1. The van der Waals surface area contributed by atoms with E-state index in [1.807, 2.05) is 6.92 Å². The Hall–Kier alpha value is -1.83. The lowest BCUT2D eigenvalue weighted by atomic mass is 10.2. The molecule has 5 nitrogen and oxygen atoms in total. The van der Waals surface area contributed by atoms with E-state index in [0.29, 0.717) is 24.1 Å². The molecule has 6 heteroatoms. The molecular weight excluding hydrogens is 373 g/mol. The minimum atomic E-state index is -0.998. The molecule has 1 aromatic heterocycles. The topological polar surface area (TPSA) is 68.7 Å². The van der Waals surface area contributed by atoms with Crippen molar-refractivity contribution in [1.82, 2.24) is 4.98 Å². The monoisotopic (exact) mass is 385 g/mol. The molecule has 1 aromatic carbocycles. The van der Waals surface area contributed by atoms with Crippen LogP contribution in [0.25, 0.3) is 0 Å². The molecule has 0 atom stereocenters. The number of carbonyl (C=O) groups is 1. The predicted octanol–water partition coefficient (Wildman–Crippen LogP) is 3.58. The highest BCUT2D eigenvalue weighted by molar-refractivity contribution is 14.1. The third-order valence-electron chi connectivity index (χ3n) is 2.38. The zero-order chi connectivity index (χ0) is 14.5. The molecule has 0 fully saturated rings. The molecule has 1 N–H and O–H groups in total. The zero-order valence-electron chi connectivity index (χ0n) is 10.7. The van der Waals surface area contributed by atoms with Gasteiger partial charge < -0.3 is 14.6 Å². The average Bonchev–Trinajstić information content (AvgIpc) is 2.42. The van der Waals surface area contributed by atoms with Gasteiger partial charge in [0, 0.05) is 12.1 Å². The zero-order valence-corrected chi connectivity index (χ0v) is 12.8. The average molecular weight is 385 g/mol. The van der Waals surface area contributed by atoms with E-state index in [0.717, 1.165) is 3.57 Å². The SMILES string of the molecule is CCOc1cccc(Oc2cc(C(=O)O)ccc2I)n1. The first-order valence-electron chi connectivity index (χ1n) is 5.90.